The predicted molar refractivity (Wildman–Crippen MR) is 135 cm³/mol. The number of nitrogens with zero attached hydrogens (tertiary/aromatic N) is 6. The van der Waals surface area contributed by atoms with Gasteiger partial charge in [0.1, 0.15) is 12.2 Å². The van der Waals surface area contributed by atoms with Gasteiger partial charge in [0.15, 0.2) is 5.96 Å². The van der Waals surface area contributed by atoms with Crippen molar-refractivity contribution < 1.29 is 0 Å². The lowest BCUT2D eigenvalue weighted by atomic mass is 10.2. The predicted octanol–water partition coefficient (Wildman–Crippen LogP) is 3.68. The molecule has 3 rings (SSSR count). The van der Waals surface area contributed by atoms with Crippen molar-refractivity contribution in [2.45, 2.75) is 46.2 Å². The first-order valence-electron chi connectivity index (χ1n) is 10.5. The summed E-state index contributed by atoms with van der Waals surface area (Å²) in [6.07, 6.45) is 3.74. The standard InChI is InChI=1S/C21H32ClN7.HI/c1-4-17(3)25-21(23-9-10-29-16-24-26-20(29)5-2)28-13-11-27(12-14-28)19-8-6-7-18(22)15-19;/h6-8,15-17H,4-5,9-14H2,1-3H3,(H,23,25);1H. The molecule has 1 saturated heterocycles. The molecule has 2 heterocycles. The molecule has 1 unspecified atom stereocenters. The Labute approximate surface area is 201 Å². The Hall–Kier alpha value is -1.55. The van der Waals surface area contributed by atoms with E-state index in [1.54, 1.807) is 6.33 Å². The van der Waals surface area contributed by atoms with Gasteiger partial charge in [-0.3, -0.25) is 4.99 Å². The van der Waals surface area contributed by atoms with Crippen LogP contribution in [0.2, 0.25) is 5.02 Å². The lowest BCUT2D eigenvalue weighted by Gasteiger charge is -2.38. The van der Waals surface area contributed by atoms with Crippen LogP contribution in [0.25, 0.3) is 0 Å². The van der Waals surface area contributed by atoms with Gasteiger partial charge in [0.2, 0.25) is 0 Å². The average Bonchev–Trinajstić information content (AvgIpc) is 3.20. The first kappa shape index (κ1) is 24.7. The average molecular weight is 546 g/mol. The molecule has 0 bridgehead atoms. The molecule has 0 amide bonds. The fraction of sp³-hybridized carbons (Fsp3) is 0.571. The number of aliphatic imine (C=N–C) groups is 1. The van der Waals surface area contributed by atoms with E-state index in [2.05, 4.69) is 56.7 Å². The smallest absolute Gasteiger partial charge is 0.194 e. The number of halogens is 2. The summed E-state index contributed by atoms with van der Waals surface area (Å²) in [6, 6.07) is 8.48. The van der Waals surface area contributed by atoms with E-state index in [4.69, 9.17) is 16.6 Å². The molecule has 2 aromatic rings. The zero-order valence-corrected chi connectivity index (χ0v) is 21.2. The summed E-state index contributed by atoms with van der Waals surface area (Å²) in [5, 5.41) is 12.5. The third-order valence-electron chi connectivity index (χ3n) is 5.35. The van der Waals surface area contributed by atoms with Gasteiger partial charge in [0.25, 0.3) is 0 Å². The summed E-state index contributed by atoms with van der Waals surface area (Å²) in [5.74, 6) is 2.00. The second-order valence-electron chi connectivity index (χ2n) is 7.41. The molecule has 1 fully saturated rings. The molecule has 1 aliphatic heterocycles. The molecule has 30 heavy (non-hydrogen) atoms. The topological polar surface area (TPSA) is 61.6 Å². The SMILES string of the molecule is CCc1nncn1CCN=C(NC(C)CC)N1CCN(c2cccc(Cl)c2)CC1.I. The summed E-state index contributed by atoms with van der Waals surface area (Å²) in [6.45, 7) is 11.8. The summed E-state index contributed by atoms with van der Waals surface area (Å²) >= 11 is 6.16. The molecule has 0 spiro atoms. The van der Waals surface area contributed by atoms with Crippen LogP contribution in [0, 0.1) is 0 Å². The zero-order chi connectivity index (χ0) is 20.6. The lowest BCUT2D eigenvalue weighted by Crippen LogP contribution is -2.54. The molecule has 9 heteroatoms. The highest BCUT2D eigenvalue weighted by Crippen LogP contribution is 2.20. The molecule has 0 radical (unpaired) electrons. The number of hydrogen-bond donors (Lipinski definition) is 1. The van der Waals surface area contributed by atoms with Gasteiger partial charge < -0.3 is 19.7 Å². The second kappa shape index (κ2) is 12.3. The fourth-order valence-corrected chi connectivity index (χ4v) is 3.60. The van der Waals surface area contributed by atoms with Crippen molar-refractivity contribution >= 4 is 47.2 Å². The number of benzene rings is 1. The number of hydrogen-bond acceptors (Lipinski definition) is 4. The molecule has 0 aliphatic carbocycles. The Balaban J connectivity index is 0.00000320. The second-order valence-corrected chi connectivity index (χ2v) is 7.84. The summed E-state index contributed by atoms with van der Waals surface area (Å²) in [7, 11) is 0. The van der Waals surface area contributed by atoms with Crippen molar-refractivity contribution in [1.29, 1.82) is 0 Å². The molecule has 1 aromatic heterocycles. The number of rotatable bonds is 7. The van der Waals surface area contributed by atoms with Crippen molar-refractivity contribution in [3.63, 3.8) is 0 Å². The van der Waals surface area contributed by atoms with Gasteiger partial charge in [-0.05, 0) is 31.5 Å². The van der Waals surface area contributed by atoms with E-state index in [0.29, 0.717) is 12.6 Å². The number of anilines is 1. The van der Waals surface area contributed by atoms with Crippen LogP contribution in [-0.2, 0) is 13.0 Å². The first-order valence-corrected chi connectivity index (χ1v) is 10.9. The minimum atomic E-state index is 0. The maximum Gasteiger partial charge on any atom is 0.194 e. The molecule has 1 aliphatic rings. The van der Waals surface area contributed by atoms with Crippen LogP contribution < -0.4 is 10.2 Å². The molecular weight excluding hydrogens is 513 g/mol. The van der Waals surface area contributed by atoms with Crippen LogP contribution in [-0.4, -0.2) is 64.4 Å². The van der Waals surface area contributed by atoms with Crippen LogP contribution in [0.15, 0.2) is 35.6 Å². The number of nitrogens with one attached hydrogen (secondary N) is 1. The van der Waals surface area contributed by atoms with E-state index in [1.165, 1.54) is 5.69 Å². The molecule has 7 nitrogen and oxygen atoms in total. The van der Waals surface area contributed by atoms with E-state index >= 15 is 0 Å². The highest BCUT2D eigenvalue weighted by molar-refractivity contribution is 14.0. The lowest BCUT2D eigenvalue weighted by molar-refractivity contribution is 0.365. The van der Waals surface area contributed by atoms with E-state index in [-0.39, 0.29) is 24.0 Å². The van der Waals surface area contributed by atoms with Crippen LogP contribution >= 0.6 is 35.6 Å². The maximum absolute atomic E-state index is 6.16. The van der Waals surface area contributed by atoms with Crippen molar-refractivity contribution in [2.24, 2.45) is 4.99 Å². The van der Waals surface area contributed by atoms with Gasteiger partial charge in [-0.2, -0.15) is 0 Å². The molecule has 1 N–H and O–H groups in total. The van der Waals surface area contributed by atoms with Crippen molar-refractivity contribution in [1.82, 2.24) is 25.0 Å². The Morgan fingerprint density at radius 2 is 2.00 bits per heavy atom. The van der Waals surface area contributed by atoms with Gasteiger partial charge in [-0.1, -0.05) is 31.5 Å². The van der Waals surface area contributed by atoms with Crippen LogP contribution in [0.4, 0.5) is 5.69 Å². The Bertz CT molecular complexity index is 802. The Morgan fingerprint density at radius 3 is 2.67 bits per heavy atom. The van der Waals surface area contributed by atoms with Crippen molar-refractivity contribution in [3.8, 4) is 0 Å². The Kier molecular flexibility index (Phi) is 10.2. The van der Waals surface area contributed by atoms with E-state index < -0.39 is 0 Å². The largest absolute Gasteiger partial charge is 0.368 e. The minimum Gasteiger partial charge on any atom is -0.368 e. The molecule has 0 saturated carbocycles. The molecular formula is C21H33ClIN7. The zero-order valence-electron chi connectivity index (χ0n) is 18.1. The quantitative estimate of drug-likeness (QED) is 0.327. The summed E-state index contributed by atoms with van der Waals surface area (Å²) in [4.78, 5) is 9.66. The summed E-state index contributed by atoms with van der Waals surface area (Å²) < 4.78 is 2.08. The van der Waals surface area contributed by atoms with Crippen LogP contribution in [0.5, 0.6) is 0 Å². The fourth-order valence-electron chi connectivity index (χ4n) is 3.41. The van der Waals surface area contributed by atoms with E-state index in [1.807, 2.05) is 18.2 Å². The van der Waals surface area contributed by atoms with Crippen LogP contribution in [0.1, 0.15) is 33.0 Å². The van der Waals surface area contributed by atoms with Gasteiger partial charge in [-0.25, -0.2) is 0 Å². The Morgan fingerprint density at radius 1 is 1.23 bits per heavy atom. The van der Waals surface area contributed by atoms with Crippen LogP contribution in [0.3, 0.4) is 0 Å². The minimum absolute atomic E-state index is 0. The van der Waals surface area contributed by atoms with Gasteiger partial charge >= 0.3 is 0 Å². The number of aromatic nitrogens is 3. The number of guanidine groups is 1. The first-order chi connectivity index (χ1) is 14.1. The summed E-state index contributed by atoms with van der Waals surface area (Å²) in [5.41, 5.74) is 1.19. The monoisotopic (exact) mass is 545 g/mol. The molecule has 166 valence electrons. The van der Waals surface area contributed by atoms with Gasteiger partial charge in [-0.15, -0.1) is 34.2 Å². The van der Waals surface area contributed by atoms with E-state index in [9.17, 15) is 0 Å². The third-order valence-corrected chi connectivity index (χ3v) is 5.59. The van der Waals surface area contributed by atoms with Gasteiger partial charge in [0.05, 0.1) is 6.54 Å². The number of aryl methyl sites for hydroxylation is 1. The van der Waals surface area contributed by atoms with E-state index in [0.717, 1.165) is 62.4 Å². The van der Waals surface area contributed by atoms with Gasteiger partial charge in [0, 0.05) is 55.9 Å². The molecule has 1 atom stereocenters. The van der Waals surface area contributed by atoms with Crippen molar-refractivity contribution in [3.05, 3.63) is 41.4 Å². The highest BCUT2D eigenvalue weighted by atomic mass is 127. The normalized spacial score (nSPS) is 15.7. The maximum atomic E-state index is 6.16. The highest BCUT2D eigenvalue weighted by Gasteiger charge is 2.21. The number of piperazine rings is 1. The van der Waals surface area contributed by atoms with Crippen molar-refractivity contribution in [2.75, 3.05) is 37.6 Å². The third kappa shape index (κ3) is 6.73. The molecule has 1 aromatic carbocycles.